The molecule has 0 bridgehead atoms. The molecule has 2 aromatic heterocycles. The first-order chi connectivity index (χ1) is 18.4. The maximum absolute atomic E-state index is 13.3. The van der Waals surface area contributed by atoms with Crippen molar-refractivity contribution in [2.45, 2.75) is 13.0 Å². The van der Waals surface area contributed by atoms with Crippen molar-refractivity contribution >= 4 is 17.5 Å². The molecule has 1 aliphatic rings. The molecule has 1 aliphatic heterocycles. The number of nitrogens with one attached hydrogen (secondary N) is 1. The number of ether oxygens (including phenoxy) is 1. The lowest BCUT2D eigenvalue weighted by molar-refractivity contribution is -0.120. The molecule has 0 radical (unpaired) electrons. The molecule has 9 nitrogen and oxygen atoms in total. The van der Waals surface area contributed by atoms with E-state index in [1.165, 1.54) is 15.6 Å². The molecular formula is C29H23N5O4. The number of carbonyl (C=O) groups is 2. The predicted molar refractivity (Wildman–Crippen MR) is 141 cm³/mol. The van der Waals surface area contributed by atoms with Crippen molar-refractivity contribution in [1.82, 2.24) is 20.1 Å². The van der Waals surface area contributed by atoms with Gasteiger partial charge in [0.05, 0.1) is 11.4 Å². The lowest BCUT2D eigenvalue weighted by atomic mass is 10.1. The average molecular weight is 506 g/mol. The van der Waals surface area contributed by atoms with Crippen LogP contribution in [0.3, 0.4) is 0 Å². The molecule has 0 unspecified atom stereocenters. The Labute approximate surface area is 218 Å². The van der Waals surface area contributed by atoms with Crippen molar-refractivity contribution in [2.24, 2.45) is 0 Å². The summed E-state index contributed by atoms with van der Waals surface area (Å²) in [6, 6.07) is 18.4. The van der Waals surface area contributed by atoms with E-state index in [1.807, 2.05) is 36.4 Å². The summed E-state index contributed by atoms with van der Waals surface area (Å²) >= 11 is 0. The Morgan fingerprint density at radius 1 is 1.03 bits per heavy atom. The standard InChI is InChI=1S/C29H23N5O4/c1-19-15-25(35)27(32-34(19)22-8-4-3-5-9-22)28(36)31-23-18-38-26-13-12-20(16-24(26)33(2)29(23)37)10-11-21-7-6-14-30-17-21/h3-9,12-17,23H,18H2,1-2H3,(H,31,36)/t23-/m0/s1. The number of aromatic nitrogens is 3. The first-order valence-corrected chi connectivity index (χ1v) is 11.8. The van der Waals surface area contributed by atoms with Gasteiger partial charge in [0, 0.05) is 42.3 Å². The highest BCUT2D eigenvalue weighted by Crippen LogP contribution is 2.31. The average Bonchev–Trinajstić information content (AvgIpc) is 3.05. The number of aryl methyl sites for hydroxylation is 1. The molecule has 0 fully saturated rings. The number of fused-ring (bicyclic) bond motifs is 1. The Balaban J connectivity index is 1.37. The molecule has 4 aromatic rings. The summed E-state index contributed by atoms with van der Waals surface area (Å²) in [4.78, 5) is 44.5. The van der Waals surface area contributed by atoms with E-state index in [1.54, 1.807) is 50.6 Å². The van der Waals surface area contributed by atoms with Crippen LogP contribution in [0.25, 0.3) is 5.69 Å². The Morgan fingerprint density at radius 2 is 1.82 bits per heavy atom. The van der Waals surface area contributed by atoms with E-state index >= 15 is 0 Å². The molecule has 0 saturated carbocycles. The van der Waals surface area contributed by atoms with Gasteiger partial charge in [-0.05, 0) is 49.4 Å². The number of carbonyl (C=O) groups excluding carboxylic acids is 2. The van der Waals surface area contributed by atoms with E-state index in [9.17, 15) is 14.4 Å². The van der Waals surface area contributed by atoms with Gasteiger partial charge in [-0.15, -0.1) is 0 Å². The SMILES string of the molecule is Cc1cc(=O)c(C(=O)N[C@H]2COc3ccc(C#Cc4cccnc4)cc3N(C)C2=O)nn1-c1ccccc1. The van der Waals surface area contributed by atoms with Crippen LogP contribution >= 0.6 is 0 Å². The molecule has 5 rings (SSSR count). The van der Waals surface area contributed by atoms with Gasteiger partial charge in [-0.1, -0.05) is 30.0 Å². The Hall–Kier alpha value is -5.23. The number of anilines is 1. The number of para-hydroxylation sites is 1. The molecule has 0 spiro atoms. The fourth-order valence-electron chi connectivity index (χ4n) is 4.02. The number of nitrogens with zero attached hydrogens (tertiary/aromatic N) is 4. The zero-order valence-corrected chi connectivity index (χ0v) is 20.7. The number of pyridine rings is 1. The summed E-state index contributed by atoms with van der Waals surface area (Å²) in [6.45, 7) is 1.62. The highest BCUT2D eigenvalue weighted by Gasteiger charge is 2.32. The number of rotatable bonds is 3. The number of amides is 2. The van der Waals surface area contributed by atoms with Gasteiger partial charge in [-0.25, -0.2) is 4.68 Å². The molecule has 1 N–H and O–H groups in total. The summed E-state index contributed by atoms with van der Waals surface area (Å²) in [5.74, 6) is 5.42. The van der Waals surface area contributed by atoms with Crippen molar-refractivity contribution in [2.75, 3.05) is 18.6 Å². The summed E-state index contributed by atoms with van der Waals surface area (Å²) in [6.07, 6.45) is 3.34. The minimum absolute atomic E-state index is 0.110. The number of benzene rings is 2. The van der Waals surface area contributed by atoms with Gasteiger partial charge < -0.3 is 15.0 Å². The molecule has 0 saturated heterocycles. The van der Waals surface area contributed by atoms with Crippen molar-refractivity contribution < 1.29 is 14.3 Å². The fourth-order valence-corrected chi connectivity index (χ4v) is 4.02. The maximum Gasteiger partial charge on any atom is 0.276 e. The van der Waals surface area contributed by atoms with E-state index in [0.29, 0.717) is 28.4 Å². The molecule has 9 heteroatoms. The van der Waals surface area contributed by atoms with Crippen molar-refractivity contribution in [3.05, 3.63) is 112 Å². The van der Waals surface area contributed by atoms with Crippen molar-refractivity contribution in [3.8, 4) is 23.3 Å². The van der Waals surface area contributed by atoms with E-state index in [2.05, 4.69) is 27.2 Å². The second kappa shape index (κ2) is 10.4. The van der Waals surface area contributed by atoms with Gasteiger partial charge in [0.25, 0.3) is 11.8 Å². The molecule has 38 heavy (non-hydrogen) atoms. The summed E-state index contributed by atoms with van der Waals surface area (Å²) in [5.41, 5.74) is 2.39. The molecule has 3 heterocycles. The van der Waals surface area contributed by atoms with Crippen LogP contribution in [0.15, 0.2) is 83.9 Å². The topological polar surface area (TPSA) is 106 Å². The van der Waals surface area contributed by atoms with Gasteiger partial charge >= 0.3 is 0 Å². The Kier molecular flexibility index (Phi) is 6.70. The van der Waals surface area contributed by atoms with Crippen molar-refractivity contribution in [3.63, 3.8) is 0 Å². The third kappa shape index (κ3) is 5.01. The summed E-state index contributed by atoms with van der Waals surface area (Å²) in [5, 5.41) is 6.90. The van der Waals surface area contributed by atoms with Crippen molar-refractivity contribution in [1.29, 1.82) is 0 Å². The Bertz CT molecular complexity index is 1640. The van der Waals surface area contributed by atoms with Crippen LogP contribution in [-0.4, -0.2) is 46.3 Å². The second-order valence-corrected chi connectivity index (χ2v) is 8.65. The monoisotopic (exact) mass is 505 g/mol. The molecular weight excluding hydrogens is 482 g/mol. The zero-order chi connectivity index (χ0) is 26.6. The summed E-state index contributed by atoms with van der Waals surface area (Å²) < 4.78 is 7.37. The van der Waals surface area contributed by atoms with E-state index in [4.69, 9.17) is 4.74 Å². The van der Waals surface area contributed by atoms with Gasteiger partial charge in [-0.2, -0.15) is 5.10 Å². The molecule has 1 atom stereocenters. The first-order valence-electron chi connectivity index (χ1n) is 11.8. The zero-order valence-electron chi connectivity index (χ0n) is 20.7. The smallest absolute Gasteiger partial charge is 0.276 e. The van der Waals surface area contributed by atoms with Crippen LogP contribution in [0.2, 0.25) is 0 Å². The molecule has 188 valence electrons. The highest BCUT2D eigenvalue weighted by atomic mass is 16.5. The molecule has 0 aliphatic carbocycles. The normalized spacial score (nSPS) is 14.4. The van der Waals surface area contributed by atoms with Crippen LogP contribution in [0.4, 0.5) is 5.69 Å². The fraction of sp³-hybridized carbons (Fsp3) is 0.138. The lowest BCUT2D eigenvalue weighted by Crippen LogP contribution is -2.50. The van der Waals surface area contributed by atoms with Gasteiger partial charge in [0.1, 0.15) is 18.4 Å². The highest BCUT2D eigenvalue weighted by molar-refractivity contribution is 6.02. The number of hydrogen-bond acceptors (Lipinski definition) is 6. The Morgan fingerprint density at radius 3 is 2.58 bits per heavy atom. The van der Waals surface area contributed by atoms with Gasteiger partial charge in [0.15, 0.2) is 5.69 Å². The quantitative estimate of drug-likeness (QED) is 0.429. The largest absolute Gasteiger partial charge is 0.489 e. The number of likely N-dealkylation sites (N-methyl/N-ethyl adjacent to an activating group) is 1. The lowest BCUT2D eigenvalue weighted by Gasteiger charge is -2.20. The predicted octanol–water partition coefficient (Wildman–Crippen LogP) is 2.49. The van der Waals surface area contributed by atoms with Crippen LogP contribution < -0.4 is 20.4 Å². The van der Waals surface area contributed by atoms with Crippen LogP contribution in [0.1, 0.15) is 27.3 Å². The van der Waals surface area contributed by atoms with Crippen LogP contribution in [0.5, 0.6) is 5.75 Å². The molecule has 2 amide bonds. The van der Waals surface area contributed by atoms with Gasteiger partial charge in [-0.3, -0.25) is 19.4 Å². The van der Waals surface area contributed by atoms with Gasteiger partial charge in [0.2, 0.25) is 5.43 Å². The van der Waals surface area contributed by atoms with E-state index in [0.717, 1.165) is 5.56 Å². The third-order valence-electron chi connectivity index (χ3n) is 6.00. The third-order valence-corrected chi connectivity index (χ3v) is 6.00. The van der Waals surface area contributed by atoms with Crippen LogP contribution in [0, 0.1) is 18.8 Å². The minimum atomic E-state index is -1.03. The van der Waals surface area contributed by atoms with E-state index in [-0.39, 0.29) is 12.3 Å². The molecule has 2 aromatic carbocycles. The maximum atomic E-state index is 13.3. The first kappa shape index (κ1) is 24.5. The van der Waals surface area contributed by atoms with E-state index < -0.39 is 23.3 Å². The van der Waals surface area contributed by atoms with Crippen LogP contribution in [-0.2, 0) is 4.79 Å². The minimum Gasteiger partial charge on any atom is -0.489 e. The second-order valence-electron chi connectivity index (χ2n) is 8.65. The number of hydrogen-bond donors (Lipinski definition) is 1. The summed E-state index contributed by atoms with van der Waals surface area (Å²) in [7, 11) is 1.60.